The molecule has 0 aliphatic rings. The molecule has 0 bridgehead atoms. The topological polar surface area (TPSA) is 47.6 Å². The summed E-state index contributed by atoms with van der Waals surface area (Å²) in [5, 5.41) is 2.97. The zero-order valence-corrected chi connectivity index (χ0v) is 14.1. The summed E-state index contributed by atoms with van der Waals surface area (Å²) >= 11 is 0. The maximum Gasteiger partial charge on any atom is 0.224 e. The van der Waals surface area contributed by atoms with Crippen LogP contribution in [-0.2, 0) is 17.8 Å². The number of carbonyl (C=O) groups is 1. The first-order valence-corrected chi connectivity index (χ1v) is 7.57. The molecule has 2 rings (SSSR count). The fourth-order valence-electron chi connectivity index (χ4n) is 2.44. The van der Waals surface area contributed by atoms with Gasteiger partial charge in [-0.3, -0.25) is 4.79 Å². The van der Waals surface area contributed by atoms with Gasteiger partial charge in [-0.25, -0.2) is 0 Å². The Morgan fingerprint density at radius 1 is 1.00 bits per heavy atom. The Morgan fingerprint density at radius 3 is 2.30 bits per heavy atom. The third-order valence-corrected chi connectivity index (χ3v) is 3.85. The molecule has 0 aliphatic carbocycles. The minimum atomic E-state index is 0.00281. The van der Waals surface area contributed by atoms with E-state index in [0.29, 0.717) is 13.0 Å². The van der Waals surface area contributed by atoms with Gasteiger partial charge in [-0.15, -0.1) is 0 Å². The minimum Gasteiger partial charge on any atom is -0.497 e. The summed E-state index contributed by atoms with van der Waals surface area (Å²) in [5.74, 6) is 1.66. The highest BCUT2D eigenvalue weighted by molar-refractivity contribution is 5.78. The summed E-state index contributed by atoms with van der Waals surface area (Å²) in [6.45, 7) is 4.54. The molecule has 1 amide bonds. The van der Waals surface area contributed by atoms with E-state index < -0.39 is 0 Å². The zero-order valence-electron chi connectivity index (χ0n) is 14.1. The van der Waals surface area contributed by atoms with Gasteiger partial charge in [-0.2, -0.15) is 0 Å². The summed E-state index contributed by atoms with van der Waals surface area (Å²) in [6.07, 6.45) is 0.359. The number of nitrogens with one attached hydrogen (secondary N) is 1. The van der Waals surface area contributed by atoms with Gasteiger partial charge in [-0.1, -0.05) is 18.2 Å². The highest BCUT2D eigenvalue weighted by Gasteiger charge is 2.08. The summed E-state index contributed by atoms with van der Waals surface area (Å²) in [4.78, 5) is 12.1. The first-order chi connectivity index (χ1) is 11.0. The van der Waals surface area contributed by atoms with Gasteiger partial charge in [-0.05, 0) is 54.3 Å². The van der Waals surface area contributed by atoms with Gasteiger partial charge < -0.3 is 14.8 Å². The zero-order chi connectivity index (χ0) is 16.8. The normalized spacial score (nSPS) is 10.3. The van der Waals surface area contributed by atoms with E-state index in [-0.39, 0.29) is 5.91 Å². The van der Waals surface area contributed by atoms with Crippen molar-refractivity contribution in [2.75, 3.05) is 14.2 Å². The van der Waals surface area contributed by atoms with Crippen molar-refractivity contribution in [3.63, 3.8) is 0 Å². The van der Waals surface area contributed by atoms with Crippen LogP contribution in [-0.4, -0.2) is 20.1 Å². The molecule has 2 aromatic carbocycles. The maximum atomic E-state index is 12.1. The number of aryl methyl sites for hydroxylation is 2. The Labute approximate surface area is 137 Å². The molecule has 0 atom stereocenters. The quantitative estimate of drug-likeness (QED) is 0.891. The van der Waals surface area contributed by atoms with Crippen LogP contribution in [0.25, 0.3) is 0 Å². The van der Waals surface area contributed by atoms with Gasteiger partial charge in [0.2, 0.25) is 5.91 Å². The molecule has 0 fully saturated rings. The van der Waals surface area contributed by atoms with E-state index >= 15 is 0 Å². The Bertz CT molecular complexity index is 678. The van der Waals surface area contributed by atoms with Crippen LogP contribution in [0.1, 0.15) is 22.3 Å². The number of benzene rings is 2. The smallest absolute Gasteiger partial charge is 0.224 e. The predicted octanol–water partition coefficient (Wildman–Crippen LogP) is 3.18. The number of amides is 1. The molecule has 23 heavy (non-hydrogen) atoms. The lowest BCUT2D eigenvalue weighted by molar-refractivity contribution is -0.120. The molecular weight excluding hydrogens is 290 g/mol. The van der Waals surface area contributed by atoms with Crippen LogP contribution in [0.15, 0.2) is 36.4 Å². The number of methoxy groups -OCH3 is 2. The van der Waals surface area contributed by atoms with Crippen LogP contribution in [0.2, 0.25) is 0 Å². The second-order valence-corrected chi connectivity index (χ2v) is 5.55. The Morgan fingerprint density at radius 2 is 1.70 bits per heavy atom. The van der Waals surface area contributed by atoms with Crippen molar-refractivity contribution in [3.8, 4) is 11.5 Å². The van der Waals surface area contributed by atoms with Crippen molar-refractivity contribution < 1.29 is 14.3 Å². The van der Waals surface area contributed by atoms with Crippen LogP contribution >= 0.6 is 0 Å². The molecule has 1 N–H and O–H groups in total. The Hall–Kier alpha value is -2.49. The van der Waals surface area contributed by atoms with Crippen LogP contribution < -0.4 is 14.8 Å². The van der Waals surface area contributed by atoms with Gasteiger partial charge >= 0.3 is 0 Å². The average Bonchev–Trinajstić information content (AvgIpc) is 2.56. The van der Waals surface area contributed by atoms with E-state index in [2.05, 4.69) is 11.4 Å². The van der Waals surface area contributed by atoms with Crippen molar-refractivity contribution >= 4 is 5.91 Å². The number of hydrogen-bond donors (Lipinski definition) is 1. The van der Waals surface area contributed by atoms with Crippen LogP contribution in [0.5, 0.6) is 11.5 Å². The second kappa shape index (κ2) is 7.68. The predicted molar refractivity (Wildman–Crippen MR) is 91.0 cm³/mol. The number of ether oxygens (including phenoxy) is 2. The molecule has 2 aromatic rings. The first-order valence-electron chi connectivity index (χ1n) is 7.57. The molecule has 0 unspecified atom stereocenters. The molecule has 0 aliphatic heterocycles. The number of carbonyl (C=O) groups excluding carboxylic acids is 1. The van der Waals surface area contributed by atoms with Crippen LogP contribution in [0, 0.1) is 13.8 Å². The molecule has 0 aromatic heterocycles. The van der Waals surface area contributed by atoms with Gasteiger partial charge in [0.1, 0.15) is 11.5 Å². The van der Waals surface area contributed by atoms with E-state index in [9.17, 15) is 4.79 Å². The highest BCUT2D eigenvalue weighted by atomic mass is 16.5. The molecule has 0 radical (unpaired) electrons. The monoisotopic (exact) mass is 313 g/mol. The standard InChI is InChI=1S/C19H23NO3/c1-13-10-18(23-4)14(2)9-16(13)12-20-19(21)11-15-5-7-17(22-3)8-6-15/h5-10H,11-12H2,1-4H3,(H,20,21). The van der Waals surface area contributed by atoms with E-state index in [1.165, 1.54) is 0 Å². The molecule has 4 nitrogen and oxygen atoms in total. The molecule has 0 spiro atoms. The third kappa shape index (κ3) is 4.49. The van der Waals surface area contributed by atoms with Crippen LogP contribution in [0.3, 0.4) is 0 Å². The number of rotatable bonds is 6. The average molecular weight is 313 g/mol. The van der Waals surface area contributed by atoms with E-state index in [1.54, 1.807) is 14.2 Å². The van der Waals surface area contributed by atoms with E-state index in [4.69, 9.17) is 9.47 Å². The van der Waals surface area contributed by atoms with Gasteiger partial charge in [0.25, 0.3) is 0 Å². The lowest BCUT2D eigenvalue weighted by Crippen LogP contribution is -2.25. The Kier molecular flexibility index (Phi) is 5.63. The molecule has 4 heteroatoms. The van der Waals surface area contributed by atoms with Gasteiger partial charge in [0, 0.05) is 6.54 Å². The molecule has 0 saturated heterocycles. The van der Waals surface area contributed by atoms with Gasteiger partial charge in [0.05, 0.1) is 20.6 Å². The second-order valence-electron chi connectivity index (χ2n) is 5.55. The fourth-order valence-corrected chi connectivity index (χ4v) is 2.44. The van der Waals surface area contributed by atoms with E-state index in [1.807, 2.05) is 44.2 Å². The molecule has 0 heterocycles. The minimum absolute atomic E-state index is 0.00281. The highest BCUT2D eigenvalue weighted by Crippen LogP contribution is 2.22. The molecule has 122 valence electrons. The van der Waals surface area contributed by atoms with Crippen molar-refractivity contribution in [2.24, 2.45) is 0 Å². The summed E-state index contributed by atoms with van der Waals surface area (Å²) < 4.78 is 10.4. The lowest BCUT2D eigenvalue weighted by Gasteiger charge is -2.12. The summed E-state index contributed by atoms with van der Waals surface area (Å²) in [5.41, 5.74) is 4.24. The Balaban J connectivity index is 1.94. The van der Waals surface area contributed by atoms with Crippen molar-refractivity contribution in [3.05, 3.63) is 58.7 Å². The van der Waals surface area contributed by atoms with Gasteiger partial charge in [0.15, 0.2) is 0 Å². The number of hydrogen-bond acceptors (Lipinski definition) is 3. The maximum absolute atomic E-state index is 12.1. The van der Waals surface area contributed by atoms with Crippen LogP contribution in [0.4, 0.5) is 0 Å². The first kappa shape index (κ1) is 16.9. The van der Waals surface area contributed by atoms with Crippen molar-refractivity contribution in [1.82, 2.24) is 5.32 Å². The summed E-state index contributed by atoms with van der Waals surface area (Å²) in [6, 6.07) is 11.6. The fraction of sp³-hybridized carbons (Fsp3) is 0.316. The third-order valence-electron chi connectivity index (χ3n) is 3.85. The SMILES string of the molecule is COc1ccc(CC(=O)NCc2cc(C)c(OC)cc2C)cc1. The van der Waals surface area contributed by atoms with Crippen molar-refractivity contribution in [1.29, 1.82) is 0 Å². The summed E-state index contributed by atoms with van der Waals surface area (Å²) in [7, 11) is 3.29. The van der Waals surface area contributed by atoms with Crippen molar-refractivity contribution in [2.45, 2.75) is 26.8 Å². The molecule has 0 saturated carbocycles. The largest absolute Gasteiger partial charge is 0.497 e. The lowest BCUT2D eigenvalue weighted by atomic mass is 10.0. The van der Waals surface area contributed by atoms with E-state index in [0.717, 1.165) is 33.8 Å². The molecular formula is C19H23NO3.